The highest BCUT2D eigenvalue weighted by molar-refractivity contribution is 5.41. The molecule has 1 fully saturated rings. The van der Waals surface area contributed by atoms with E-state index < -0.39 is 5.82 Å². The summed E-state index contributed by atoms with van der Waals surface area (Å²) in [5.74, 6) is 0.600. The van der Waals surface area contributed by atoms with Gasteiger partial charge in [0.15, 0.2) is 5.82 Å². The van der Waals surface area contributed by atoms with E-state index in [4.69, 9.17) is 4.74 Å². The van der Waals surface area contributed by atoms with Crippen LogP contribution in [0.4, 0.5) is 4.39 Å². The number of aromatic nitrogens is 2. The SMILES string of the molecule is COc1nc(C=CC2CCCCC2)ncc1F. The highest BCUT2D eigenvalue weighted by atomic mass is 19.1. The van der Waals surface area contributed by atoms with Crippen LogP contribution < -0.4 is 4.74 Å². The highest BCUT2D eigenvalue weighted by Gasteiger charge is 2.10. The fraction of sp³-hybridized carbons (Fsp3) is 0.538. The molecule has 0 unspecified atom stereocenters. The zero-order valence-corrected chi connectivity index (χ0v) is 10.0. The molecule has 1 aromatic heterocycles. The van der Waals surface area contributed by atoms with Crippen molar-refractivity contribution in [2.24, 2.45) is 5.92 Å². The summed E-state index contributed by atoms with van der Waals surface area (Å²) in [7, 11) is 1.40. The molecule has 0 aromatic carbocycles. The standard InChI is InChI=1S/C13H17FN2O/c1-17-13-11(14)9-15-12(16-13)8-7-10-5-3-2-4-6-10/h7-10H,2-6H2,1H3. The molecule has 1 aromatic rings. The second-order valence-corrected chi connectivity index (χ2v) is 4.34. The molecule has 92 valence electrons. The summed E-state index contributed by atoms with van der Waals surface area (Å²) < 4.78 is 17.9. The summed E-state index contributed by atoms with van der Waals surface area (Å²) >= 11 is 0. The summed E-state index contributed by atoms with van der Waals surface area (Å²) in [6.45, 7) is 0. The van der Waals surface area contributed by atoms with Crippen LogP contribution in [-0.4, -0.2) is 17.1 Å². The molecule has 1 heterocycles. The molecule has 4 heteroatoms. The predicted octanol–water partition coefficient (Wildman–Crippen LogP) is 3.22. The summed E-state index contributed by atoms with van der Waals surface area (Å²) in [5.41, 5.74) is 0. The second kappa shape index (κ2) is 5.75. The monoisotopic (exact) mass is 236 g/mol. The molecule has 0 aliphatic heterocycles. The Balaban J connectivity index is 2.04. The largest absolute Gasteiger partial charge is 0.479 e. The number of hydrogen-bond acceptors (Lipinski definition) is 3. The zero-order chi connectivity index (χ0) is 12.1. The van der Waals surface area contributed by atoms with Gasteiger partial charge in [-0.05, 0) is 24.8 Å². The number of rotatable bonds is 3. The third-order valence-corrected chi connectivity index (χ3v) is 3.09. The van der Waals surface area contributed by atoms with E-state index in [0.717, 1.165) is 6.20 Å². The first kappa shape index (κ1) is 12.0. The number of ether oxygens (including phenoxy) is 1. The normalized spacial score (nSPS) is 17.5. The lowest BCUT2D eigenvalue weighted by atomic mass is 9.89. The van der Waals surface area contributed by atoms with Gasteiger partial charge in [0.05, 0.1) is 13.3 Å². The molecule has 0 saturated heterocycles. The van der Waals surface area contributed by atoms with Crippen molar-refractivity contribution in [1.29, 1.82) is 0 Å². The summed E-state index contributed by atoms with van der Waals surface area (Å²) in [5, 5.41) is 0. The van der Waals surface area contributed by atoms with Crippen LogP contribution in [0.1, 0.15) is 37.9 Å². The molecule has 0 atom stereocenters. The molecule has 3 nitrogen and oxygen atoms in total. The van der Waals surface area contributed by atoms with Crippen LogP contribution in [0.5, 0.6) is 5.88 Å². The Kier molecular flexibility index (Phi) is 4.07. The van der Waals surface area contributed by atoms with Crippen LogP contribution in [0.25, 0.3) is 6.08 Å². The number of allylic oxidation sites excluding steroid dienone is 1. The average Bonchev–Trinajstić information content (AvgIpc) is 2.39. The lowest BCUT2D eigenvalue weighted by Crippen LogP contribution is -2.03. The van der Waals surface area contributed by atoms with E-state index in [1.807, 2.05) is 6.08 Å². The van der Waals surface area contributed by atoms with E-state index in [9.17, 15) is 4.39 Å². The van der Waals surface area contributed by atoms with Crippen LogP contribution in [0, 0.1) is 11.7 Å². The van der Waals surface area contributed by atoms with Crippen molar-refractivity contribution in [1.82, 2.24) is 9.97 Å². The smallest absolute Gasteiger partial charge is 0.253 e. The van der Waals surface area contributed by atoms with Gasteiger partial charge in [-0.15, -0.1) is 0 Å². The van der Waals surface area contributed by atoms with Gasteiger partial charge in [-0.1, -0.05) is 25.3 Å². The van der Waals surface area contributed by atoms with Crippen LogP contribution in [0.15, 0.2) is 12.3 Å². The highest BCUT2D eigenvalue weighted by Crippen LogP contribution is 2.25. The fourth-order valence-electron chi connectivity index (χ4n) is 2.14. The van der Waals surface area contributed by atoms with E-state index in [2.05, 4.69) is 16.0 Å². The molecule has 1 saturated carbocycles. The Morgan fingerprint density at radius 2 is 2.12 bits per heavy atom. The van der Waals surface area contributed by atoms with Crippen LogP contribution in [0.3, 0.4) is 0 Å². The van der Waals surface area contributed by atoms with Crippen molar-refractivity contribution in [3.8, 4) is 5.88 Å². The lowest BCUT2D eigenvalue weighted by Gasteiger charge is -2.17. The summed E-state index contributed by atoms with van der Waals surface area (Å²) in [6.07, 6.45) is 11.5. The van der Waals surface area contributed by atoms with Crippen molar-refractivity contribution in [2.45, 2.75) is 32.1 Å². The van der Waals surface area contributed by atoms with Crippen molar-refractivity contribution in [3.05, 3.63) is 23.9 Å². The molecule has 0 spiro atoms. The Bertz CT molecular complexity index is 400. The Labute approximate surface area is 101 Å². The average molecular weight is 236 g/mol. The minimum atomic E-state index is -0.526. The van der Waals surface area contributed by atoms with Crippen molar-refractivity contribution in [2.75, 3.05) is 7.11 Å². The van der Waals surface area contributed by atoms with E-state index >= 15 is 0 Å². The molecule has 0 amide bonds. The number of methoxy groups -OCH3 is 1. The lowest BCUT2D eigenvalue weighted by molar-refractivity contribution is 0.366. The number of nitrogens with zero attached hydrogens (tertiary/aromatic N) is 2. The van der Waals surface area contributed by atoms with Crippen molar-refractivity contribution >= 4 is 6.08 Å². The molecule has 17 heavy (non-hydrogen) atoms. The molecule has 0 N–H and O–H groups in total. The maximum Gasteiger partial charge on any atom is 0.253 e. The Morgan fingerprint density at radius 1 is 1.35 bits per heavy atom. The molecule has 0 radical (unpaired) electrons. The Hall–Kier alpha value is -1.45. The van der Waals surface area contributed by atoms with E-state index in [1.165, 1.54) is 39.2 Å². The van der Waals surface area contributed by atoms with Crippen LogP contribution in [-0.2, 0) is 0 Å². The van der Waals surface area contributed by atoms with Crippen LogP contribution in [0.2, 0.25) is 0 Å². The maximum atomic E-state index is 13.1. The van der Waals surface area contributed by atoms with Crippen LogP contribution >= 0.6 is 0 Å². The first-order valence-electron chi connectivity index (χ1n) is 6.04. The first-order chi connectivity index (χ1) is 8.29. The van der Waals surface area contributed by atoms with Gasteiger partial charge in [-0.3, -0.25) is 0 Å². The van der Waals surface area contributed by atoms with Crippen molar-refractivity contribution in [3.63, 3.8) is 0 Å². The first-order valence-corrected chi connectivity index (χ1v) is 6.04. The summed E-state index contributed by atoms with van der Waals surface area (Å²) in [4.78, 5) is 7.90. The molecule has 1 aliphatic rings. The van der Waals surface area contributed by atoms with E-state index in [-0.39, 0.29) is 5.88 Å². The van der Waals surface area contributed by atoms with Gasteiger partial charge >= 0.3 is 0 Å². The molecule has 2 rings (SSSR count). The third kappa shape index (κ3) is 3.25. The third-order valence-electron chi connectivity index (χ3n) is 3.09. The maximum absolute atomic E-state index is 13.1. The number of halogens is 1. The minimum absolute atomic E-state index is 0.00305. The molecule has 0 bridgehead atoms. The topological polar surface area (TPSA) is 35.0 Å². The van der Waals surface area contributed by atoms with Crippen molar-refractivity contribution < 1.29 is 9.13 Å². The summed E-state index contributed by atoms with van der Waals surface area (Å²) in [6, 6.07) is 0. The molecule has 1 aliphatic carbocycles. The van der Waals surface area contributed by atoms with Gasteiger partial charge in [-0.2, -0.15) is 9.37 Å². The van der Waals surface area contributed by atoms with Gasteiger partial charge in [0.1, 0.15) is 0 Å². The quantitative estimate of drug-likeness (QED) is 0.808. The second-order valence-electron chi connectivity index (χ2n) is 4.34. The minimum Gasteiger partial charge on any atom is -0.479 e. The van der Waals surface area contributed by atoms with Gasteiger partial charge in [0.25, 0.3) is 5.88 Å². The van der Waals surface area contributed by atoms with Gasteiger partial charge in [0.2, 0.25) is 5.82 Å². The molecular formula is C13H17FN2O. The van der Waals surface area contributed by atoms with Gasteiger partial charge < -0.3 is 4.74 Å². The molecular weight excluding hydrogens is 219 g/mol. The Morgan fingerprint density at radius 3 is 2.82 bits per heavy atom. The predicted molar refractivity (Wildman–Crippen MR) is 64.2 cm³/mol. The number of hydrogen-bond donors (Lipinski definition) is 0. The van der Waals surface area contributed by atoms with E-state index in [1.54, 1.807) is 0 Å². The fourth-order valence-corrected chi connectivity index (χ4v) is 2.14. The van der Waals surface area contributed by atoms with Gasteiger partial charge in [0, 0.05) is 0 Å². The van der Waals surface area contributed by atoms with E-state index in [0.29, 0.717) is 11.7 Å². The zero-order valence-electron chi connectivity index (χ0n) is 10.0. The van der Waals surface area contributed by atoms with Gasteiger partial charge in [-0.25, -0.2) is 4.98 Å².